The lowest BCUT2D eigenvalue weighted by Crippen LogP contribution is -2.56. The van der Waals surface area contributed by atoms with Gasteiger partial charge in [-0.05, 0) is 20.8 Å². The van der Waals surface area contributed by atoms with E-state index in [1.54, 1.807) is 37.7 Å². The van der Waals surface area contributed by atoms with Gasteiger partial charge in [-0.1, -0.05) is 0 Å². The van der Waals surface area contributed by atoms with Crippen molar-refractivity contribution in [3.05, 3.63) is 0 Å². The van der Waals surface area contributed by atoms with Crippen LogP contribution in [0.25, 0.3) is 0 Å². The molecular formula is C15H27N3O5. The molecular weight excluding hydrogens is 302 g/mol. The van der Waals surface area contributed by atoms with Gasteiger partial charge in [0.1, 0.15) is 5.41 Å². The van der Waals surface area contributed by atoms with Crippen LogP contribution in [0.15, 0.2) is 0 Å². The Morgan fingerprint density at radius 1 is 1.09 bits per heavy atom. The molecule has 0 saturated carbocycles. The molecule has 1 aliphatic heterocycles. The van der Waals surface area contributed by atoms with Crippen LogP contribution < -0.4 is 5.32 Å². The summed E-state index contributed by atoms with van der Waals surface area (Å²) >= 11 is 0. The number of ether oxygens (including phenoxy) is 2. The number of methoxy groups -OCH3 is 1. The number of hydrogen-bond donors (Lipinski definition) is 1. The van der Waals surface area contributed by atoms with E-state index >= 15 is 0 Å². The second kappa shape index (κ2) is 8.71. The van der Waals surface area contributed by atoms with Crippen molar-refractivity contribution in [1.82, 2.24) is 15.1 Å². The highest BCUT2D eigenvalue weighted by atomic mass is 16.6. The van der Waals surface area contributed by atoms with Gasteiger partial charge in [0, 0.05) is 39.8 Å². The van der Waals surface area contributed by atoms with Crippen molar-refractivity contribution in [3.8, 4) is 0 Å². The minimum absolute atomic E-state index is 0.240. The zero-order chi connectivity index (χ0) is 17.5. The van der Waals surface area contributed by atoms with Gasteiger partial charge in [0.25, 0.3) is 0 Å². The van der Waals surface area contributed by atoms with Gasteiger partial charge in [-0.2, -0.15) is 0 Å². The molecule has 0 aromatic carbocycles. The molecule has 0 aliphatic carbocycles. The molecule has 0 aromatic heterocycles. The van der Waals surface area contributed by atoms with Gasteiger partial charge in [-0.15, -0.1) is 0 Å². The fourth-order valence-corrected chi connectivity index (χ4v) is 2.29. The molecule has 132 valence electrons. The van der Waals surface area contributed by atoms with E-state index in [1.165, 1.54) is 0 Å². The topological polar surface area (TPSA) is 88.2 Å². The summed E-state index contributed by atoms with van der Waals surface area (Å²) in [5.41, 5.74) is -1.15. The molecule has 1 rings (SSSR count). The van der Waals surface area contributed by atoms with Crippen molar-refractivity contribution < 1.29 is 23.9 Å². The molecule has 1 fully saturated rings. The molecule has 8 heteroatoms. The average molecular weight is 329 g/mol. The van der Waals surface area contributed by atoms with Crippen LogP contribution in [-0.4, -0.2) is 80.8 Å². The molecule has 0 atom stereocenters. The smallest absolute Gasteiger partial charge is 0.409 e. The van der Waals surface area contributed by atoms with Gasteiger partial charge in [0.15, 0.2) is 0 Å². The highest BCUT2D eigenvalue weighted by Gasteiger charge is 2.40. The zero-order valence-corrected chi connectivity index (χ0v) is 14.4. The monoisotopic (exact) mass is 329 g/mol. The first-order valence-electron chi connectivity index (χ1n) is 7.82. The Balaban J connectivity index is 2.54. The van der Waals surface area contributed by atoms with Crippen LogP contribution in [-0.2, 0) is 19.1 Å². The van der Waals surface area contributed by atoms with E-state index in [2.05, 4.69) is 5.32 Å². The minimum Gasteiger partial charge on any atom is -0.450 e. The lowest BCUT2D eigenvalue weighted by Gasteiger charge is -2.37. The fraction of sp³-hybridized carbons (Fsp3) is 0.800. The van der Waals surface area contributed by atoms with Gasteiger partial charge in [-0.3, -0.25) is 9.59 Å². The molecule has 0 spiro atoms. The summed E-state index contributed by atoms with van der Waals surface area (Å²) in [4.78, 5) is 39.6. The number of nitrogens with one attached hydrogen (secondary N) is 1. The van der Waals surface area contributed by atoms with Crippen molar-refractivity contribution in [3.63, 3.8) is 0 Å². The first kappa shape index (κ1) is 19.2. The Labute approximate surface area is 137 Å². The summed E-state index contributed by atoms with van der Waals surface area (Å²) < 4.78 is 9.82. The Kier molecular flexibility index (Phi) is 7.28. The molecule has 3 amide bonds. The second-order valence-corrected chi connectivity index (χ2v) is 5.85. The molecule has 1 aliphatic rings. The summed E-state index contributed by atoms with van der Waals surface area (Å²) in [6.07, 6.45) is -0.365. The summed E-state index contributed by atoms with van der Waals surface area (Å²) in [5, 5.41) is 2.69. The van der Waals surface area contributed by atoms with Crippen LogP contribution in [0, 0.1) is 5.41 Å². The Morgan fingerprint density at radius 3 is 2.17 bits per heavy atom. The lowest BCUT2D eigenvalue weighted by atomic mass is 9.90. The number of carbonyl (C=O) groups is 3. The van der Waals surface area contributed by atoms with Gasteiger partial charge >= 0.3 is 6.09 Å². The van der Waals surface area contributed by atoms with E-state index in [4.69, 9.17) is 9.47 Å². The Hall–Kier alpha value is -1.83. The number of hydrogen-bond acceptors (Lipinski definition) is 5. The summed E-state index contributed by atoms with van der Waals surface area (Å²) in [7, 11) is 1.55. The van der Waals surface area contributed by atoms with Crippen LogP contribution in [0.2, 0.25) is 0 Å². The van der Waals surface area contributed by atoms with Crippen molar-refractivity contribution in [2.24, 2.45) is 5.41 Å². The third-order valence-electron chi connectivity index (χ3n) is 3.79. The molecule has 0 radical (unpaired) electrons. The Bertz CT molecular complexity index is 431. The van der Waals surface area contributed by atoms with E-state index in [1.807, 2.05) is 0 Å². The highest BCUT2D eigenvalue weighted by Crippen LogP contribution is 2.20. The minimum atomic E-state index is -1.15. The SMILES string of the molecule is CCOC(=O)N1CCN(C(=O)C(C)(C)C(=O)NCCOC)CC1. The van der Waals surface area contributed by atoms with E-state index in [0.29, 0.717) is 45.9 Å². The quantitative estimate of drug-likeness (QED) is 0.550. The molecule has 1 heterocycles. The van der Waals surface area contributed by atoms with Crippen molar-refractivity contribution in [2.75, 3.05) is 53.0 Å². The average Bonchev–Trinajstić information content (AvgIpc) is 2.54. The molecule has 8 nitrogen and oxygen atoms in total. The number of amides is 3. The summed E-state index contributed by atoms with van der Waals surface area (Å²) in [6.45, 7) is 7.66. The van der Waals surface area contributed by atoms with Gasteiger partial charge < -0.3 is 24.6 Å². The summed E-state index contributed by atoms with van der Waals surface area (Å²) in [6, 6.07) is 0. The van der Waals surface area contributed by atoms with Crippen molar-refractivity contribution in [1.29, 1.82) is 0 Å². The standard InChI is InChI=1S/C15H27N3O5/c1-5-23-14(21)18-9-7-17(8-10-18)13(20)15(2,3)12(19)16-6-11-22-4/h5-11H2,1-4H3,(H,16,19). The van der Waals surface area contributed by atoms with E-state index in [-0.39, 0.29) is 17.9 Å². The van der Waals surface area contributed by atoms with Crippen LogP contribution >= 0.6 is 0 Å². The number of carbonyl (C=O) groups excluding carboxylic acids is 3. The number of nitrogens with zero attached hydrogens (tertiary/aromatic N) is 2. The van der Waals surface area contributed by atoms with Crippen LogP contribution in [0.3, 0.4) is 0 Å². The third-order valence-corrected chi connectivity index (χ3v) is 3.79. The third kappa shape index (κ3) is 5.09. The maximum atomic E-state index is 12.6. The lowest BCUT2D eigenvalue weighted by molar-refractivity contribution is -0.149. The Morgan fingerprint density at radius 2 is 1.65 bits per heavy atom. The molecule has 0 aromatic rings. The molecule has 0 unspecified atom stereocenters. The first-order valence-corrected chi connectivity index (χ1v) is 7.82. The van der Waals surface area contributed by atoms with E-state index in [0.717, 1.165) is 0 Å². The van der Waals surface area contributed by atoms with Crippen molar-refractivity contribution >= 4 is 17.9 Å². The fourth-order valence-electron chi connectivity index (χ4n) is 2.29. The van der Waals surface area contributed by atoms with E-state index in [9.17, 15) is 14.4 Å². The normalized spacial score (nSPS) is 15.3. The van der Waals surface area contributed by atoms with Crippen molar-refractivity contribution in [2.45, 2.75) is 20.8 Å². The predicted molar refractivity (Wildman–Crippen MR) is 83.8 cm³/mol. The molecule has 0 bridgehead atoms. The number of rotatable bonds is 6. The van der Waals surface area contributed by atoms with E-state index < -0.39 is 5.41 Å². The van der Waals surface area contributed by atoms with Crippen LogP contribution in [0.4, 0.5) is 4.79 Å². The van der Waals surface area contributed by atoms with Crippen LogP contribution in [0.1, 0.15) is 20.8 Å². The zero-order valence-electron chi connectivity index (χ0n) is 14.4. The summed E-state index contributed by atoms with van der Waals surface area (Å²) in [5.74, 6) is -0.566. The van der Waals surface area contributed by atoms with Gasteiger partial charge in [0.2, 0.25) is 11.8 Å². The largest absolute Gasteiger partial charge is 0.450 e. The van der Waals surface area contributed by atoms with Gasteiger partial charge in [0.05, 0.1) is 13.2 Å². The predicted octanol–water partition coefficient (Wildman–Crippen LogP) is 0.0759. The molecule has 23 heavy (non-hydrogen) atoms. The van der Waals surface area contributed by atoms with Crippen LogP contribution in [0.5, 0.6) is 0 Å². The highest BCUT2D eigenvalue weighted by molar-refractivity contribution is 6.04. The van der Waals surface area contributed by atoms with Gasteiger partial charge in [-0.25, -0.2) is 4.79 Å². The first-order chi connectivity index (χ1) is 10.8. The maximum absolute atomic E-state index is 12.6. The number of piperazine rings is 1. The molecule has 1 saturated heterocycles. The second-order valence-electron chi connectivity index (χ2n) is 5.85. The molecule has 1 N–H and O–H groups in total. The maximum Gasteiger partial charge on any atom is 0.409 e.